The largest absolute Gasteiger partial charge is 0.486 e. The molecular formula is C16H19N3O4. The van der Waals surface area contributed by atoms with Crippen LogP contribution in [0.3, 0.4) is 0 Å². The molecular weight excluding hydrogens is 298 g/mol. The lowest BCUT2D eigenvalue weighted by molar-refractivity contribution is -0.117. The fraction of sp³-hybridized carbons (Fsp3) is 0.375. The fourth-order valence-electron chi connectivity index (χ4n) is 2.42. The van der Waals surface area contributed by atoms with Gasteiger partial charge in [0.2, 0.25) is 5.91 Å². The highest BCUT2D eigenvalue weighted by atomic mass is 16.6. The van der Waals surface area contributed by atoms with E-state index in [1.165, 1.54) is 0 Å². The molecule has 0 saturated carbocycles. The molecule has 1 aliphatic rings. The van der Waals surface area contributed by atoms with Crippen molar-refractivity contribution in [1.82, 2.24) is 10.1 Å². The summed E-state index contributed by atoms with van der Waals surface area (Å²) in [5, 5.41) is 6.42. The van der Waals surface area contributed by atoms with Gasteiger partial charge in [0, 0.05) is 12.6 Å². The highest BCUT2D eigenvalue weighted by molar-refractivity contribution is 5.91. The minimum atomic E-state index is -0.155. The topological polar surface area (TPSA) is 76.8 Å². The third-order valence-electron chi connectivity index (χ3n) is 3.39. The van der Waals surface area contributed by atoms with E-state index in [0.717, 1.165) is 11.5 Å². The summed E-state index contributed by atoms with van der Waals surface area (Å²) in [7, 11) is 1.86. The molecule has 0 unspecified atom stereocenters. The molecule has 23 heavy (non-hydrogen) atoms. The van der Waals surface area contributed by atoms with Crippen molar-refractivity contribution in [1.29, 1.82) is 0 Å². The summed E-state index contributed by atoms with van der Waals surface area (Å²) in [6.45, 7) is 3.05. The molecule has 3 rings (SSSR count). The number of likely N-dealkylation sites (N-methyl/N-ethyl adjacent to an activating group) is 1. The third kappa shape index (κ3) is 4.01. The Morgan fingerprint density at radius 2 is 2.17 bits per heavy atom. The van der Waals surface area contributed by atoms with Gasteiger partial charge >= 0.3 is 0 Å². The van der Waals surface area contributed by atoms with Gasteiger partial charge in [-0.2, -0.15) is 0 Å². The van der Waals surface area contributed by atoms with Crippen LogP contribution in [0.2, 0.25) is 0 Å². The smallest absolute Gasteiger partial charge is 0.239 e. The van der Waals surface area contributed by atoms with Crippen molar-refractivity contribution >= 4 is 11.7 Å². The van der Waals surface area contributed by atoms with Crippen LogP contribution in [0.5, 0.6) is 11.5 Å². The van der Waals surface area contributed by atoms with E-state index in [4.69, 9.17) is 14.0 Å². The molecule has 1 N–H and O–H groups in total. The first-order valence-electron chi connectivity index (χ1n) is 7.40. The lowest BCUT2D eigenvalue weighted by Crippen LogP contribution is -2.42. The number of aryl methyl sites for hydroxylation is 1. The van der Waals surface area contributed by atoms with E-state index in [-0.39, 0.29) is 18.6 Å². The number of benzene rings is 1. The number of amides is 1. The van der Waals surface area contributed by atoms with Crippen LogP contribution in [-0.4, -0.2) is 48.8 Å². The number of fused-ring (bicyclic) bond motifs is 1. The number of ether oxygens (including phenoxy) is 2. The highest BCUT2D eigenvalue weighted by Gasteiger charge is 2.22. The van der Waals surface area contributed by atoms with Crippen LogP contribution in [0.15, 0.2) is 34.9 Å². The fourth-order valence-corrected chi connectivity index (χ4v) is 2.42. The molecule has 7 nitrogen and oxygen atoms in total. The Morgan fingerprint density at radius 1 is 1.39 bits per heavy atom. The summed E-state index contributed by atoms with van der Waals surface area (Å²) in [6.07, 6.45) is -0.114. The zero-order valence-corrected chi connectivity index (χ0v) is 13.1. The van der Waals surface area contributed by atoms with Crippen LogP contribution < -0.4 is 14.8 Å². The molecule has 0 fully saturated rings. The van der Waals surface area contributed by atoms with E-state index >= 15 is 0 Å². The molecule has 122 valence electrons. The second-order valence-corrected chi connectivity index (χ2v) is 5.57. The summed E-state index contributed by atoms with van der Waals surface area (Å²) in [5.74, 6) is 2.41. The Hall–Kier alpha value is -2.54. The molecule has 2 aromatic rings. The molecule has 2 heterocycles. The van der Waals surface area contributed by atoms with Gasteiger partial charge < -0.3 is 19.3 Å². The predicted molar refractivity (Wildman–Crippen MR) is 83.7 cm³/mol. The van der Waals surface area contributed by atoms with Crippen LogP contribution in [0.1, 0.15) is 5.76 Å². The van der Waals surface area contributed by atoms with Gasteiger partial charge in [0.25, 0.3) is 0 Å². The minimum absolute atomic E-state index is 0.114. The predicted octanol–water partition coefficient (Wildman–Crippen LogP) is 1.69. The van der Waals surface area contributed by atoms with Crippen molar-refractivity contribution < 1.29 is 18.8 Å². The van der Waals surface area contributed by atoms with Crippen molar-refractivity contribution in [2.45, 2.75) is 13.0 Å². The highest BCUT2D eigenvalue weighted by Crippen LogP contribution is 2.30. The molecule has 1 aromatic heterocycles. The minimum Gasteiger partial charge on any atom is -0.486 e. The van der Waals surface area contributed by atoms with Crippen LogP contribution >= 0.6 is 0 Å². The van der Waals surface area contributed by atoms with Gasteiger partial charge in [-0.05, 0) is 26.1 Å². The number of nitrogens with one attached hydrogen (secondary N) is 1. The standard InChI is InChI=1S/C16H19N3O4/c1-11-7-15(18-23-11)17-16(20)9-19(2)8-12-10-21-13-5-3-4-6-14(13)22-12/h3-7,12H,8-10H2,1-2H3,(H,17,18,20)/t12-/m0/s1. The van der Waals surface area contributed by atoms with Crippen molar-refractivity contribution in [2.75, 3.05) is 32.1 Å². The number of anilines is 1. The Morgan fingerprint density at radius 3 is 2.91 bits per heavy atom. The number of para-hydroxylation sites is 2. The Balaban J connectivity index is 1.48. The van der Waals surface area contributed by atoms with Gasteiger partial charge in [0.1, 0.15) is 18.5 Å². The van der Waals surface area contributed by atoms with Gasteiger partial charge in [-0.15, -0.1) is 0 Å². The average Bonchev–Trinajstić information content (AvgIpc) is 2.91. The maximum atomic E-state index is 12.0. The van der Waals surface area contributed by atoms with E-state index in [1.807, 2.05) is 36.2 Å². The summed E-state index contributed by atoms with van der Waals surface area (Å²) in [4.78, 5) is 13.8. The van der Waals surface area contributed by atoms with Crippen LogP contribution in [-0.2, 0) is 4.79 Å². The van der Waals surface area contributed by atoms with Crippen LogP contribution in [0, 0.1) is 6.92 Å². The van der Waals surface area contributed by atoms with Crippen molar-refractivity contribution in [2.24, 2.45) is 0 Å². The molecule has 0 bridgehead atoms. The molecule has 1 atom stereocenters. The normalized spacial score (nSPS) is 16.4. The van der Waals surface area contributed by atoms with Gasteiger partial charge in [-0.3, -0.25) is 9.69 Å². The number of hydrogen-bond donors (Lipinski definition) is 1. The van der Waals surface area contributed by atoms with Crippen molar-refractivity contribution in [3.8, 4) is 11.5 Å². The molecule has 1 aromatic carbocycles. The zero-order chi connectivity index (χ0) is 16.2. The number of carbonyl (C=O) groups is 1. The third-order valence-corrected chi connectivity index (χ3v) is 3.39. The van der Waals surface area contributed by atoms with E-state index in [2.05, 4.69) is 10.5 Å². The summed E-state index contributed by atoms with van der Waals surface area (Å²) < 4.78 is 16.5. The summed E-state index contributed by atoms with van der Waals surface area (Å²) >= 11 is 0. The Labute approximate surface area is 134 Å². The second kappa shape index (κ2) is 6.70. The van der Waals surface area contributed by atoms with E-state index in [0.29, 0.717) is 24.7 Å². The molecule has 0 saturated heterocycles. The first-order chi connectivity index (χ1) is 11.1. The Kier molecular flexibility index (Phi) is 4.47. The second-order valence-electron chi connectivity index (χ2n) is 5.57. The SMILES string of the molecule is Cc1cc(NC(=O)CN(C)C[C@H]2COc3ccccc3O2)no1. The first kappa shape index (κ1) is 15.4. The van der Waals surface area contributed by atoms with Crippen LogP contribution in [0.4, 0.5) is 5.82 Å². The average molecular weight is 317 g/mol. The monoisotopic (exact) mass is 317 g/mol. The van der Waals surface area contributed by atoms with Crippen LogP contribution in [0.25, 0.3) is 0 Å². The maximum absolute atomic E-state index is 12.0. The zero-order valence-electron chi connectivity index (χ0n) is 13.1. The number of hydrogen-bond acceptors (Lipinski definition) is 6. The molecule has 7 heteroatoms. The molecule has 0 spiro atoms. The lowest BCUT2D eigenvalue weighted by atomic mass is 10.2. The van der Waals surface area contributed by atoms with Crippen molar-refractivity contribution in [3.63, 3.8) is 0 Å². The van der Waals surface area contributed by atoms with Gasteiger partial charge in [-0.25, -0.2) is 0 Å². The first-order valence-corrected chi connectivity index (χ1v) is 7.40. The molecule has 0 radical (unpaired) electrons. The number of aromatic nitrogens is 1. The quantitative estimate of drug-likeness (QED) is 0.904. The van der Waals surface area contributed by atoms with E-state index < -0.39 is 0 Å². The maximum Gasteiger partial charge on any atom is 0.239 e. The van der Waals surface area contributed by atoms with Gasteiger partial charge in [0.15, 0.2) is 17.3 Å². The van der Waals surface area contributed by atoms with E-state index in [1.54, 1.807) is 13.0 Å². The number of rotatable bonds is 5. The number of nitrogens with zero attached hydrogens (tertiary/aromatic N) is 2. The molecule has 1 amide bonds. The van der Waals surface area contributed by atoms with Crippen molar-refractivity contribution in [3.05, 3.63) is 36.1 Å². The van der Waals surface area contributed by atoms with Gasteiger partial charge in [0.05, 0.1) is 6.54 Å². The number of carbonyl (C=O) groups excluding carboxylic acids is 1. The summed E-state index contributed by atoms with van der Waals surface area (Å²) in [6, 6.07) is 9.24. The molecule has 1 aliphatic heterocycles. The molecule has 0 aliphatic carbocycles. The van der Waals surface area contributed by atoms with Gasteiger partial charge in [-0.1, -0.05) is 17.3 Å². The Bertz CT molecular complexity index is 685. The lowest BCUT2D eigenvalue weighted by Gasteiger charge is -2.29. The summed E-state index contributed by atoms with van der Waals surface area (Å²) in [5.41, 5.74) is 0. The van der Waals surface area contributed by atoms with E-state index in [9.17, 15) is 4.79 Å².